The van der Waals surface area contributed by atoms with Gasteiger partial charge < -0.3 is 4.74 Å². The first-order chi connectivity index (χ1) is 13.5. The maximum Gasteiger partial charge on any atom is 0.191 e. The van der Waals surface area contributed by atoms with Crippen LogP contribution >= 0.6 is 27.7 Å². The first kappa shape index (κ1) is 20.7. The lowest BCUT2D eigenvalue weighted by atomic mass is 10.1. The lowest BCUT2D eigenvalue weighted by molar-refractivity contribution is 0.210. The van der Waals surface area contributed by atoms with E-state index in [4.69, 9.17) is 4.74 Å². The SMILES string of the molecule is C=CCn1c(SCc2ccc(Br)cc2)nnc1C(C)Oc1cc(C)cc(C)c1. The van der Waals surface area contributed by atoms with E-state index in [0.717, 1.165) is 27.0 Å². The van der Waals surface area contributed by atoms with Gasteiger partial charge >= 0.3 is 0 Å². The number of nitrogens with zero attached hydrogens (tertiary/aromatic N) is 3. The third-order valence-corrected chi connectivity index (χ3v) is 5.78. The van der Waals surface area contributed by atoms with Crippen molar-refractivity contribution in [3.63, 3.8) is 0 Å². The minimum Gasteiger partial charge on any atom is -0.483 e. The molecule has 0 saturated heterocycles. The first-order valence-electron chi connectivity index (χ1n) is 9.12. The summed E-state index contributed by atoms with van der Waals surface area (Å²) in [5, 5.41) is 9.69. The Kier molecular flexibility index (Phi) is 6.97. The van der Waals surface area contributed by atoms with E-state index in [-0.39, 0.29) is 6.10 Å². The van der Waals surface area contributed by atoms with Crippen LogP contribution in [-0.4, -0.2) is 14.8 Å². The topological polar surface area (TPSA) is 39.9 Å². The molecule has 146 valence electrons. The highest BCUT2D eigenvalue weighted by atomic mass is 79.9. The van der Waals surface area contributed by atoms with E-state index in [1.807, 2.05) is 25.1 Å². The molecule has 0 spiro atoms. The number of hydrogen-bond acceptors (Lipinski definition) is 4. The Balaban J connectivity index is 1.77. The number of allylic oxidation sites excluding steroid dienone is 1. The van der Waals surface area contributed by atoms with Crippen molar-refractivity contribution in [3.05, 3.63) is 82.1 Å². The molecule has 1 unspecified atom stereocenters. The molecule has 0 aliphatic carbocycles. The number of ether oxygens (including phenoxy) is 1. The molecule has 0 amide bonds. The van der Waals surface area contributed by atoms with Gasteiger partial charge in [-0.1, -0.05) is 52.0 Å². The summed E-state index contributed by atoms with van der Waals surface area (Å²) < 4.78 is 9.32. The second-order valence-corrected chi connectivity index (χ2v) is 8.60. The zero-order valence-electron chi connectivity index (χ0n) is 16.4. The second kappa shape index (κ2) is 9.43. The van der Waals surface area contributed by atoms with Gasteiger partial charge in [-0.2, -0.15) is 0 Å². The van der Waals surface area contributed by atoms with Crippen LogP contribution in [0.15, 0.2) is 64.7 Å². The average Bonchev–Trinajstić information content (AvgIpc) is 3.03. The average molecular weight is 458 g/mol. The van der Waals surface area contributed by atoms with Gasteiger partial charge in [-0.05, 0) is 61.7 Å². The van der Waals surface area contributed by atoms with Gasteiger partial charge in [0.2, 0.25) is 0 Å². The Labute approximate surface area is 179 Å². The summed E-state index contributed by atoms with van der Waals surface area (Å²) in [5.41, 5.74) is 3.60. The van der Waals surface area contributed by atoms with Crippen LogP contribution in [-0.2, 0) is 12.3 Å². The molecule has 1 aromatic heterocycles. The van der Waals surface area contributed by atoms with E-state index < -0.39 is 0 Å². The van der Waals surface area contributed by atoms with Crippen LogP contribution < -0.4 is 4.74 Å². The summed E-state index contributed by atoms with van der Waals surface area (Å²) in [4.78, 5) is 0. The van der Waals surface area contributed by atoms with Crippen molar-refractivity contribution in [1.29, 1.82) is 0 Å². The van der Waals surface area contributed by atoms with E-state index in [1.54, 1.807) is 11.8 Å². The van der Waals surface area contributed by atoms with Crippen LogP contribution in [0.25, 0.3) is 0 Å². The molecule has 1 atom stereocenters. The van der Waals surface area contributed by atoms with Gasteiger partial charge in [0.05, 0.1) is 0 Å². The zero-order valence-corrected chi connectivity index (χ0v) is 18.8. The molecule has 0 radical (unpaired) electrons. The van der Waals surface area contributed by atoms with Crippen LogP contribution in [0.2, 0.25) is 0 Å². The molecule has 0 saturated carbocycles. The fourth-order valence-corrected chi connectivity index (χ4v) is 4.17. The normalized spacial score (nSPS) is 12.0. The fraction of sp³-hybridized carbons (Fsp3) is 0.273. The molecule has 28 heavy (non-hydrogen) atoms. The number of rotatable bonds is 8. The zero-order chi connectivity index (χ0) is 20.1. The minimum absolute atomic E-state index is 0.212. The van der Waals surface area contributed by atoms with Crippen molar-refractivity contribution in [2.75, 3.05) is 0 Å². The van der Waals surface area contributed by atoms with Crippen LogP contribution in [0.5, 0.6) is 5.75 Å². The van der Waals surface area contributed by atoms with Gasteiger partial charge in [0.25, 0.3) is 0 Å². The molecule has 0 aliphatic heterocycles. The number of aryl methyl sites for hydroxylation is 2. The summed E-state index contributed by atoms with van der Waals surface area (Å²) in [6.07, 6.45) is 1.65. The Morgan fingerprint density at radius 2 is 1.82 bits per heavy atom. The third kappa shape index (κ3) is 5.26. The molecule has 3 rings (SSSR count). The Morgan fingerprint density at radius 3 is 2.46 bits per heavy atom. The second-order valence-electron chi connectivity index (χ2n) is 6.74. The van der Waals surface area contributed by atoms with Gasteiger partial charge in [0.1, 0.15) is 5.75 Å². The van der Waals surface area contributed by atoms with Crippen LogP contribution in [0, 0.1) is 13.8 Å². The van der Waals surface area contributed by atoms with Crippen molar-refractivity contribution in [3.8, 4) is 5.75 Å². The van der Waals surface area contributed by atoms with E-state index >= 15 is 0 Å². The van der Waals surface area contributed by atoms with Crippen molar-refractivity contribution >= 4 is 27.7 Å². The highest BCUT2D eigenvalue weighted by molar-refractivity contribution is 9.10. The Hall–Kier alpha value is -2.05. The third-order valence-electron chi connectivity index (χ3n) is 4.21. The predicted molar refractivity (Wildman–Crippen MR) is 119 cm³/mol. The summed E-state index contributed by atoms with van der Waals surface area (Å²) in [6.45, 7) is 10.7. The highest BCUT2D eigenvalue weighted by Crippen LogP contribution is 2.28. The smallest absolute Gasteiger partial charge is 0.191 e. The van der Waals surface area contributed by atoms with Gasteiger partial charge in [-0.15, -0.1) is 16.8 Å². The lowest BCUT2D eigenvalue weighted by Crippen LogP contribution is -2.12. The van der Waals surface area contributed by atoms with E-state index in [2.05, 4.69) is 81.5 Å². The molecular weight excluding hydrogens is 434 g/mol. The van der Waals surface area contributed by atoms with E-state index in [9.17, 15) is 0 Å². The van der Waals surface area contributed by atoms with Crippen molar-refractivity contribution in [1.82, 2.24) is 14.8 Å². The van der Waals surface area contributed by atoms with Gasteiger partial charge in [0.15, 0.2) is 17.1 Å². The van der Waals surface area contributed by atoms with Crippen molar-refractivity contribution in [2.24, 2.45) is 0 Å². The number of thioether (sulfide) groups is 1. The van der Waals surface area contributed by atoms with Crippen LogP contribution in [0.4, 0.5) is 0 Å². The molecule has 6 heteroatoms. The molecular formula is C22H24BrN3OS. The summed E-state index contributed by atoms with van der Waals surface area (Å²) in [6, 6.07) is 14.5. The molecule has 2 aromatic carbocycles. The molecule has 4 nitrogen and oxygen atoms in total. The first-order valence-corrected chi connectivity index (χ1v) is 10.9. The van der Waals surface area contributed by atoms with Gasteiger partial charge in [0, 0.05) is 16.8 Å². The van der Waals surface area contributed by atoms with E-state index in [0.29, 0.717) is 6.54 Å². The number of halogens is 1. The van der Waals surface area contributed by atoms with E-state index in [1.165, 1.54) is 16.7 Å². The minimum atomic E-state index is -0.212. The van der Waals surface area contributed by atoms with Gasteiger partial charge in [-0.3, -0.25) is 4.57 Å². The van der Waals surface area contributed by atoms with Crippen molar-refractivity contribution < 1.29 is 4.74 Å². The summed E-state index contributed by atoms with van der Waals surface area (Å²) in [5.74, 6) is 2.48. The van der Waals surface area contributed by atoms with Crippen molar-refractivity contribution in [2.45, 2.75) is 44.3 Å². The van der Waals surface area contributed by atoms with Gasteiger partial charge in [-0.25, -0.2) is 0 Å². The number of hydrogen-bond donors (Lipinski definition) is 0. The maximum atomic E-state index is 6.17. The molecule has 3 aromatic rings. The summed E-state index contributed by atoms with van der Waals surface area (Å²) in [7, 11) is 0. The fourth-order valence-electron chi connectivity index (χ4n) is 2.99. The molecule has 0 N–H and O–H groups in total. The Bertz CT molecular complexity index is 933. The standard InChI is InChI=1S/C22H24BrN3OS/c1-5-10-26-21(17(4)27-20-12-15(2)11-16(3)13-20)24-25-22(26)28-14-18-6-8-19(23)9-7-18/h5-9,11-13,17H,1,10,14H2,2-4H3. The maximum absolute atomic E-state index is 6.17. The lowest BCUT2D eigenvalue weighted by Gasteiger charge is -2.16. The molecule has 0 aliphatic rings. The van der Waals surface area contributed by atoms with Crippen LogP contribution in [0.3, 0.4) is 0 Å². The summed E-state index contributed by atoms with van der Waals surface area (Å²) >= 11 is 5.14. The Morgan fingerprint density at radius 1 is 1.14 bits per heavy atom. The molecule has 0 bridgehead atoms. The monoisotopic (exact) mass is 457 g/mol. The molecule has 0 fully saturated rings. The molecule has 1 heterocycles. The predicted octanol–water partition coefficient (Wildman–Crippen LogP) is 6.28. The quantitative estimate of drug-likeness (QED) is 0.294. The number of benzene rings is 2. The van der Waals surface area contributed by atoms with Crippen LogP contribution in [0.1, 0.15) is 35.5 Å². The largest absolute Gasteiger partial charge is 0.483 e. The highest BCUT2D eigenvalue weighted by Gasteiger charge is 2.19. The number of aromatic nitrogens is 3.